The van der Waals surface area contributed by atoms with Gasteiger partial charge in [0, 0.05) is 35.8 Å². The summed E-state index contributed by atoms with van der Waals surface area (Å²) in [6.45, 7) is 4.97. The number of fused-ring (bicyclic) bond motifs is 1. The number of aromatic nitrogens is 2. The van der Waals surface area contributed by atoms with E-state index in [2.05, 4.69) is 23.6 Å². The van der Waals surface area contributed by atoms with Gasteiger partial charge in [-0.15, -0.1) is 0 Å². The summed E-state index contributed by atoms with van der Waals surface area (Å²) in [5.41, 5.74) is 6.34. The van der Waals surface area contributed by atoms with E-state index in [1.165, 1.54) is 12.1 Å². The third-order valence-corrected chi connectivity index (χ3v) is 7.99. The van der Waals surface area contributed by atoms with Crippen molar-refractivity contribution in [2.75, 3.05) is 5.73 Å². The lowest BCUT2D eigenvalue weighted by atomic mass is 10.0. The SMILES string of the molecule is CCC(C)Cn1cc(CNS(=O)(=O)C2CC2)c2ccc(-c3ccc(N)nc3C(F)(F)F)cc21. The maximum Gasteiger partial charge on any atom is 0.434 e. The van der Waals surface area contributed by atoms with Gasteiger partial charge in [-0.1, -0.05) is 32.4 Å². The normalized spacial score (nSPS) is 15.8. The number of rotatable bonds is 8. The van der Waals surface area contributed by atoms with Gasteiger partial charge in [0.1, 0.15) is 5.82 Å². The number of benzene rings is 1. The third-order valence-electron chi connectivity index (χ3n) is 6.09. The van der Waals surface area contributed by atoms with Crippen LogP contribution in [0, 0.1) is 5.92 Å². The molecule has 3 N–H and O–H groups in total. The monoisotopic (exact) mass is 480 g/mol. The first-order valence-corrected chi connectivity index (χ1v) is 12.5. The smallest absolute Gasteiger partial charge is 0.384 e. The number of hydrogen-bond acceptors (Lipinski definition) is 4. The molecule has 1 fully saturated rings. The van der Waals surface area contributed by atoms with Crippen molar-refractivity contribution in [1.82, 2.24) is 14.3 Å². The van der Waals surface area contributed by atoms with Gasteiger partial charge in [-0.25, -0.2) is 18.1 Å². The van der Waals surface area contributed by atoms with Crippen molar-refractivity contribution >= 4 is 26.7 Å². The van der Waals surface area contributed by atoms with Crippen molar-refractivity contribution in [2.24, 2.45) is 5.92 Å². The molecular formula is C23H27F3N4O2S. The highest BCUT2D eigenvalue weighted by Gasteiger charge is 2.37. The van der Waals surface area contributed by atoms with Gasteiger partial charge >= 0.3 is 6.18 Å². The van der Waals surface area contributed by atoms with Gasteiger partial charge in [-0.05, 0) is 48.1 Å². The molecule has 10 heteroatoms. The fraction of sp³-hybridized carbons (Fsp3) is 0.435. The second kappa shape index (κ2) is 8.64. The maximum atomic E-state index is 13.6. The predicted octanol–water partition coefficient (Wildman–Crippen LogP) is 4.93. The zero-order valence-corrected chi connectivity index (χ0v) is 19.3. The second-order valence-electron chi connectivity index (χ2n) is 8.75. The summed E-state index contributed by atoms with van der Waals surface area (Å²) in [6.07, 6.45) is -0.479. The minimum Gasteiger partial charge on any atom is -0.384 e. The van der Waals surface area contributed by atoms with Gasteiger partial charge in [-0.2, -0.15) is 13.2 Å². The number of sulfonamides is 1. The van der Waals surface area contributed by atoms with E-state index in [1.807, 2.05) is 10.8 Å². The number of nitrogens with one attached hydrogen (secondary N) is 1. The van der Waals surface area contributed by atoms with Gasteiger partial charge in [0.05, 0.1) is 5.25 Å². The zero-order chi connectivity index (χ0) is 24.0. The van der Waals surface area contributed by atoms with Crippen LogP contribution < -0.4 is 10.5 Å². The lowest BCUT2D eigenvalue weighted by molar-refractivity contribution is -0.140. The minimum absolute atomic E-state index is 0.0501. The fourth-order valence-corrected chi connectivity index (χ4v) is 5.24. The Morgan fingerprint density at radius 3 is 2.61 bits per heavy atom. The van der Waals surface area contributed by atoms with Crippen LogP contribution in [0.15, 0.2) is 36.5 Å². The highest BCUT2D eigenvalue weighted by atomic mass is 32.2. The first kappa shape index (κ1) is 23.6. The number of pyridine rings is 1. The van der Waals surface area contributed by atoms with Crippen LogP contribution in [0.5, 0.6) is 0 Å². The zero-order valence-electron chi connectivity index (χ0n) is 18.5. The Labute approximate surface area is 191 Å². The van der Waals surface area contributed by atoms with E-state index in [0.29, 0.717) is 30.9 Å². The Kier molecular flexibility index (Phi) is 6.17. The molecular weight excluding hydrogens is 453 g/mol. The van der Waals surface area contributed by atoms with E-state index in [4.69, 9.17) is 5.73 Å². The van der Waals surface area contributed by atoms with Crippen LogP contribution in [0.25, 0.3) is 22.0 Å². The van der Waals surface area contributed by atoms with Crippen LogP contribution in [-0.2, 0) is 29.3 Å². The van der Waals surface area contributed by atoms with Crippen LogP contribution in [0.1, 0.15) is 44.4 Å². The van der Waals surface area contributed by atoms with Crippen molar-refractivity contribution < 1.29 is 21.6 Å². The summed E-state index contributed by atoms with van der Waals surface area (Å²) < 4.78 is 70.1. The van der Waals surface area contributed by atoms with E-state index < -0.39 is 21.9 Å². The number of nitrogen functional groups attached to an aromatic ring is 1. The quantitative estimate of drug-likeness (QED) is 0.478. The topological polar surface area (TPSA) is 90.0 Å². The molecule has 4 rings (SSSR count). The first-order chi connectivity index (χ1) is 15.5. The molecule has 0 bridgehead atoms. The molecule has 3 aromatic rings. The number of anilines is 1. The Bertz CT molecular complexity index is 1280. The van der Waals surface area contributed by atoms with Crippen molar-refractivity contribution in [3.8, 4) is 11.1 Å². The number of hydrogen-bond donors (Lipinski definition) is 2. The molecule has 1 aliphatic carbocycles. The molecule has 6 nitrogen and oxygen atoms in total. The second-order valence-corrected chi connectivity index (χ2v) is 10.8. The van der Waals surface area contributed by atoms with E-state index >= 15 is 0 Å². The van der Waals surface area contributed by atoms with Gasteiger partial charge in [-0.3, -0.25) is 0 Å². The van der Waals surface area contributed by atoms with Crippen LogP contribution in [0.3, 0.4) is 0 Å². The van der Waals surface area contributed by atoms with Crippen LogP contribution >= 0.6 is 0 Å². The third kappa shape index (κ3) is 5.01. The summed E-state index contributed by atoms with van der Waals surface area (Å²) in [5, 5.41) is 0.480. The summed E-state index contributed by atoms with van der Waals surface area (Å²) in [6, 6.07) is 7.75. The molecule has 2 heterocycles. The Balaban J connectivity index is 1.78. The number of alkyl halides is 3. The van der Waals surface area contributed by atoms with Gasteiger partial charge < -0.3 is 10.3 Å². The predicted molar refractivity (Wildman–Crippen MR) is 123 cm³/mol. The average Bonchev–Trinajstić information content (AvgIpc) is 3.56. The lowest BCUT2D eigenvalue weighted by Crippen LogP contribution is -2.26. The number of halogens is 3. The molecule has 1 aromatic carbocycles. The van der Waals surface area contributed by atoms with E-state index in [0.717, 1.165) is 22.9 Å². The van der Waals surface area contributed by atoms with Gasteiger partial charge in [0.25, 0.3) is 0 Å². The Morgan fingerprint density at radius 1 is 1.24 bits per heavy atom. The number of nitrogens with two attached hydrogens (primary N) is 1. The first-order valence-electron chi connectivity index (χ1n) is 10.9. The van der Waals surface area contributed by atoms with Gasteiger partial charge in [0.2, 0.25) is 10.0 Å². The summed E-state index contributed by atoms with van der Waals surface area (Å²) in [7, 11) is -3.35. The minimum atomic E-state index is -4.65. The highest BCUT2D eigenvalue weighted by Crippen LogP contribution is 2.38. The molecule has 2 aromatic heterocycles. The van der Waals surface area contributed by atoms with Crippen LogP contribution in [-0.4, -0.2) is 23.2 Å². The fourth-order valence-electron chi connectivity index (χ4n) is 3.89. The molecule has 1 atom stereocenters. The Morgan fingerprint density at radius 2 is 1.97 bits per heavy atom. The van der Waals surface area contributed by atoms with E-state index in [9.17, 15) is 21.6 Å². The summed E-state index contributed by atoms with van der Waals surface area (Å²) in [4.78, 5) is 3.54. The van der Waals surface area contributed by atoms with Crippen molar-refractivity contribution in [3.63, 3.8) is 0 Å². The standard InChI is InChI=1S/C23H27F3N4O2S/c1-3-14(2)12-30-13-16(11-28-33(31,32)17-5-6-17)18-7-4-15(10-20(18)30)19-8-9-21(27)29-22(19)23(24,25)26/h4,7-10,13-14,17,28H,3,5-6,11-12H2,1-2H3,(H2,27,29). The van der Waals surface area contributed by atoms with Crippen LogP contribution in [0.4, 0.5) is 19.0 Å². The molecule has 178 valence electrons. The lowest BCUT2D eigenvalue weighted by Gasteiger charge is -2.14. The largest absolute Gasteiger partial charge is 0.434 e. The molecule has 0 saturated heterocycles. The van der Waals surface area contributed by atoms with E-state index in [1.54, 1.807) is 18.2 Å². The highest BCUT2D eigenvalue weighted by molar-refractivity contribution is 7.90. The molecule has 0 spiro atoms. The molecule has 33 heavy (non-hydrogen) atoms. The Hall–Kier alpha value is -2.59. The molecule has 1 unspecified atom stereocenters. The summed E-state index contributed by atoms with van der Waals surface area (Å²) in [5.74, 6) is 0.140. The van der Waals surface area contributed by atoms with E-state index in [-0.39, 0.29) is 23.2 Å². The molecule has 1 aliphatic rings. The van der Waals surface area contributed by atoms with Crippen LogP contribution in [0.2, 0.25) is 0 Å². The van der Waals surface area contributed by atoms with Crippen molar-refractivity contribution in [3.05, 3.63) is 47.8 Å². The molecule has 1 saturated carbocycles. The maximum absolute atomic E-state index is 13.6. The van der Waals surface area contributed by atoms with Crippen molar-refractivity contribution in [1.29, 1.82) is 0 Å². The van der Waals surface area contributed by atoms with Gasteiger partial charge in [0.15, 0.2) is 5.69 Å². The number of nitrogens with zero attached hydrogens (tertiary/aromatic N) is 2. The molecule has 0 aliphatic heterocycles. The molecule has 0 radical (unpaired) electrons. The van der Waals surface area contributed by atoms with Crippen molar-refractivity contribution in [2.45, 2.75) is 57.6 Å². The molecule has 0 amide bonds. The summed E-state index contributed by atoms with van der Waals surface area (Å²) >= 11 is 0. The average molecular weight is 481 g/mol.